The van der Waals surface area contributed by atoms with Crippen LogP contribution in [0, 0.1) is 13.8 Å². The minimum absolute atomic E-state index is 0.201. The van der Waals surface area contributed by atoms with Gasteiger partial charge in [-0.3, -0.25) is 0 Å². The van der Waals surface area contributed by atoms with Crippen molar-refractivity contribution in [3.63, 3.8) is 0 Å². The first-order valence-electron chi connectivity index (χ1n) is 8.19. The van der Waals surface area contributed by atoms with Crippen LogP contribution in [0.3, 0.4) is 0 Å². The lowest BCUT2D eigenvalue weighted by atomic mass is 10.0. The molecule has 1 aromatic rings. The van der Waals surface area contributed by atoms with Gasteiger partial charge in [0.05, 0.1) is 0 Å². The van der Waals surface area contributed by atoms with Crippen LogP contribution < -0.4 is 4.90 Å². The summed E-state index contributed by atoms with van der Waals surface area (Å²) in [7, 11) is 1.82. The minimum atomic E-state index is -0.459. The highest BCUT2D eigenvalue weighted by Crippen LogP contribution is 2.21. The molecule has 1 aliphatic heterocycles. The smallest absolute Gasteiger partial charge is 0.410 e. The number of ether oxygens (including phenoxy) is 1. The second-order valence-electron chi connectivity index (χ2n) is 7.26. The van der Waals surface area contributed by atoms with Gasteiger partial charge in [-0.15, -0.1) is 0 Å². The molecular formula is C17H28N4O2. The number of nitrogens with zero attached hydrogens (tertiary/aromatic N) is 4. The van der Waals surface area contributed by atoms with Crippen molar-refractivity contribution in [2.24, 2.45) is 0 Å². The van der Waals surface area contributed by atoms with E-state index >= 15 is 0 Å². The van der Waals surface area contributed by atoms with Gasteiger partial charge in [0.2, 0.25) is 5.95 Å². The van der Waals surface area contributed by atoms with Crippen LogP contribution in [-0.4, -0.2) is 52.7 Å². The Bertz CT molecular complexity index is 540. The molecule has 0 unspecified atom stereocenters. The molecule has 128 valence electrons. The van der Waals surface area contributed by atoms with Crippen molar-refractivity contribution in [3.8, 4) is 0 Å². The molecule has 1 fully saturated rings. The summed E-state index contributed by atoms with van der Waals surface area (Å²) in [6, 6.07) is 2.18. The van der Waals surface area contributed by atoms with Gasteiger partial charge >= 0.3 is 6.09 Å². The zero-order valence-corrected chi connectivity index (χ0v) is 15.1. The van der Waals surface area contributed by atoms with Crippen molar-refractivity contribution in [1.29, 1.82) is 0 Å². The molecule has 0 spiro atoms. The fraction of sp³-hybridized carbons (Fsp3) is 0.706. The zero-order chi connectivity index (χ0) is 17.2. The predicted molar refractivity (Wildman–Crippen MR) is 90.7 cm³/mol. The topological polar surface area (TPSA) is 58.6 Å². The largest absolute Gasteiger partial charge is 0.444 e. The zero-order valence-electron chi connectivity index (χ0n) is 15.1. The highest BCUT2D eigenvalue weighted by Gasteiger charge is 2.29. The second-order valence-corrected chi connectivity index (χ2v) is 7.26. The highest BCUT2D eigenvalue weighted by atomic mass is 16.6. The van der Waals surface area contributed by atoms with Gasteiger partial charge in [-0.1, -0.05) is 0 Å². The van der Waals surface area contributed by atoms with Gasteiger partial charge in [0, 0.05) is 37.6 Å². The van der Waals surface area contributed by atoms with E-state index in [-0.39, 0.29) is 12.1 Å². The normalized spacial score (nSPS) is 16.3. The number of aromatic nitrogens is 2. The van der Waals surface area contributed by atoms with Crippen molar-refractivity contribution in [2.75, 3.05) is 25.0 Å². The summed E-state index contributed by atoms with van der Waals surface area (Å²) in [5, 5.41) is 0. The van der Waals surface area contributed by atoms with Gasteiger partial charge in [-0.25, -0.2) is 14.8 Å². The van der Waals surface area contributed by atoms with Gasteiger partial charge in [0.15, 0.2) is 0 Å². The summed E-state index contributed by atoms with van der Waals surface area (Å²) in [5.41, 5.74) is 1.51. The van der Waals surface area contributed by atoms with E-state index in [1.165, 1.54) is 0 Å². The molecule has 0 radical (unpaired) electrons. The molecule has 2 rings (SSSR count). The maximum atomic E-state index is 12.2. The van der Waals surface area contributed by atoms with E-state index in [1.54, 1.807) is 4.90 Å². The summed E-state index contributed by atoms with van der Waals surface area (Å²) in [5.74, 6) is 0.792. The Balaban J connectivity index is 1.94. The van der Waals surface area contributed by atoms with Crippen LogP contribution in [0.5, 0.6) is 0 Å². The van der Waals surface area contributed by atoms with Crippen LogP contribution in [-0.2, 0) is 4.74 Å². The number of amides is 1. The summed E-state index contributed by atoms with van der Waals surface area (Å²) in [6.07, 6.45) is 1.54. The van der Waals surface area contributed by atoms with Crippen molar-refractivity contribution in [1.82, 2.24) is 14.9 Å². The van der Waals surface area contributed by atoms with Crippen LogP contribution in [0.2, 0.25) is 0 Å². The molecule has 6 nitrogen and oxygen atoms in total. The molecule has 0 bridgehead atoms. The Morgan fingerprint density at radius 1 is 1.22 bits per heavy atom. The first-order chi connectivity index (χ1) is 10.7. The number of anilines is 1. The SMILES string of the molecule is Cc1cc(C)nc(N2CCC(N(C)C(=O)OC(C)(C)C)CC2)n1. The van der Waals surface area contributed by atoms with Crippen LogP contribution in [0.25, 0.3) is 0 Å². The lowest BCUT2D eigenvalue weighted by Gasteiger charge is -2.37. The predicted octanol–water partition coefficient (Wildman–Crippen LogP) is 2.93. The molecule has 1 amide bonds. The molecule has 23 heavy (non-hydrogen) atoms. The Labute approximate surface area is 138 Å². The van der Waals surface area contributed by atoms with E-state index in [9.17, 15) is 4.79 Å². The Morgan fingerprint density at radius 3 is 2.22 bits per heavy atom. The average Bonchev–Trinajstić information content (AvgIpc) is 2.44. The highest BCUT2D eigenvalue weighted by molar-refractivity contribution is 5.68. The minimum Gasteiger partial charge on any atom is -0.444 e. The van der Waals surface area contributed by atoms with Gasteiger partial charge in [-0.05, 0) is 53.5 Å². The number of rotatable bonds is 2. The van der Waals surface area contributed by atoms with Crippen LogP contribution in [0.1, 0.15) is 45.0 Å². The third kappa shape index (κ3) is 4.81. The lowest BCUT2D eigenvalue weighted by Crippen LogP contribution is -2.47. The quantitative estimate of drug-likeness (QED) is 0.838. The first-order valence-corrected chi connectivity index (χ1v) is 8.19. The average molecular weight is 320 g/mol. The molecule has 6 heteroatoms. The Kier molecular flexibility index (Phi) is 5.12. The number of hydrogen-bond acceptors (Lipinski definition) is 5. The molecule has 0 atom stereocenters. The molecule has 0 aliphatic carbocycles. The monoisotopic (exact) mass is 320 g/mol. The number of carbonyl (C=O) groups excluding carboxylic acids is 1. The Hall–Kier alpha value is -1.85. The number of piperidine rings is 1. The maximum absolute atomic E-state index is 12.2. The number of carbonyl (C=O) groups is 1. The van der Waals surface area contributed by atoms with E-state index < -0.39 is 5.60 Å². The molecule has 2 heterocycles. The fourth-order valence-electron chi connectivity index (χ4n) is 2.78. The lowest BCUT2D eigenvalue weighted by molar-refractivity contribution is 0.0200. The fourth-order valence-corrected chi connectivity index (χ4v) is 2.78. The summed E-state index contributed by atoms with van der Waals surface area (Å²) in [6.45, 7) is 11.3. The summed E-state index contributed by atoms with van der Waals surface area (Å²) in [4.78, 5) is 25.1. The van der Waals surface area contributed by atoms with E-state index in [1.807, 2.05) is 47.7 Å². The molecular weight excluding hydrogens is 292 g/mol. The van der Waals surface area contributed by atoms with Crippen molar-refractivity contribution in [3.05, 3.63) is 17.5 Å². The molecule has 0 aromatic carbocycles. The van der Waals surface area contributed by atoms with Crippen molar-refractivity contribution < 1.29 is 9.53 Å². The van der Waals surface area contributed by atoms with Gasteiger partial charge in [0.1, 0.15) is 5.60 Å². The molecule has 1 aliphatic rings. The molecule has 0 saturated carbocycles. The molecule has 0 N–H and O–H groups in total. The van der Waals surface area contributed by atoms with Gasteiger partial charge < -0.3 is 14.5 Å². The third-order valence-corrected chi connectivity index (χ3v) is 3.95. The Morgan fingerprint density at radius 2 is 1.74 bits per heavy atom. The summed E-state index contributed by atoms with van der Waals surface area (Å²) < 4.78 is 5.44. The first kappa shape index (κ1) is 17.5. The van der Waals surface area contributed by atoms with Crippen LogP contribution in [0.15, 0.2) is 6.07 Å². The van der Waals surface area contributed by atoms with Crippen LogP contribution in [0.4, 0.5) is 10.7 Å². The van der Waals surface area contributed by atoms with Gasteiger partial charge in [-0.2, -0.15) is 0 Å². The second kappa shape index (κ2) is 6.72. The van der Waals surface area contributed by atoms with E-state index in [0.29, 0.717) is 0 Å². The third-order valence-electron chi connectivity index (χ3n) is 3.95. The van der Waals surface area contributed by atoms with E-state index in [4.69, 9.17) is 4.74 Å². The number of hydrogen-bond donors (Lipinski definition) is 0. The molecule has 1 saturated heterocycles. The summed E-state index contributed by atoms with van der Waals surface area (Å²) >= 11 is 0. The maximum Gasteiger partial charge on any atom is 0.410 e. The van der Waals surface area contributed by atoms with Crippen LogP contribution >= 0.6 is 0 Å². The van der Waals surface area contributed by atoms with Crippen molar-refractivity contribution in [2.45, 2.75) is 59.1 Å². The van der Waals surface area contributed by atoms with Crippen molar-refractivity contribution >= 4 is 12.0 Å². The van der Waals surface area contributed by atoms with Gasteiger partial charge in [0.25, 0.3) is 0 Å². The molecule has 1 aromatic heterocycles. The van der Waals surface area contributed by atoms with E-state index in [0.717, 1.165) is 43.3 Å². The number of aryl methyl sites for hydroxylation is 2. The van der Waals surface area contributed by atoms with E-state index in [2.05, 4.69) is 14.9 Å². The standard InChI is InChI=1S/C17H28N4O2/c1-12-11-13(2)19-15(18-12)21-9-7-14(8-10-21)20(6)16(22)23-17(3,4)5/h11,14H,7-10H2,1-6H3.